The normalized spacial score (nSPS) is 15.3. The summed E-state index contributed by atoms with van der Waals surface area (Å²) in [6, 6.07) is 8.14. The first-order valence-electron chi connectivity index (χ1n) is 13.3. The van der Waals surface area contributed by atoms with Gasteiger partial charge in [-0.1, -0.05) is 37.5 Å². The quantitative estimate of drug-likeness (QED) is 0.406. The first-order valence-corrected chi connectivity index (χ1v) is 13.3. The predicted molar refractivity (Wildman–Crippen MR) is 148 cm³/mol. The summed E-state index contributed by atoms with van der Waals surface area (Å²) in [6.07, 6.45) is 19.6. The van der Waals surface area contributed by atoms with Crippen LogP contribution >= 0.6 is 0 Å². The number of aryl methyl sites for hydroxylation is 1. The molecule has 6 rings (SSSR count). The van der Waals surface area contributed by atoms with Crippen LogP contribution in [0.5, 0.6) is 0 Å². The summed E-state index contributed by atoms with van der Waals surface area (Å²) in [5.41, 5.74) is 5.05. The van der Waals surface area contributed by atoms with Crippen molar-refractivity contribution < 1.29 is 9.90 Å². The van der Waals surface area contributed by atoms with Gasteiger partial charge < -0.3 is 10.0 Å². The molecule has 4 aromatic rings. The van der Waals surface area contributed by atoms with Gasteiger partial charge in [0.1, 0.15) is 0 Å². The number of aliphatic hydroxyl groups excluding tert-OH is 1. The molecule has 0 unspecified atom stereocenters. The second-order valence-electron chi connectivity index (χ2n) is 9.63. The van der Waals surface area contributed by atoms with Gasteiger partial charge in [-0.25, -0.2) is 9.97 Å². The summed E-state index contributed by atoms with van der Waals surface area (Å²) >= 11 is 0. The molecule has 1 saturated heterocycles. The Balaban J connectivity index is 0.000000190. The van der Waals surface area contributed by atoms with E-state index in [9.17, 15) is 4.79 Å². The monoisotopic (exact) mass is 515 g/mol. The van der Waals surface area contributed by atoms with Crippen molar-refractivity contribution in [2.45, 2.75) is 44.9 Å². The number of carbonyl (C=O) groups is 1. The number of benzene rings is 1. The van der Waals surface area contributed by atoms with Gasteiger partial charge in [-0.3, -0.25) is 14.6 Å². The van der Waals surface area contributed by atoms with E-state index in [0.29, 0.717) is 17.6 Å². The van der Waals surface area contributed by atoms with Gasteiger partial charge >= 0.3 is 0 Å². The van der Waals surface area contributed by atoms with Crippen LogP contribution < -0.4 is 0 Å². The second-order valence-corrected chi connectivity index (χ2v) is 9.63. The highest BCUT2D eigenvalue weighted by Gasteiger charge is 2.27. The van der Waals surface area contributed by atoms with Crippen molar-refractivity contribution in [1.29, 1.82) is 0 Å². The topological polar surface area (TPSA) is 113 Å². The van der Waals surface area contributed by atoms with Gasteiger partial charge in [-0.15, -0.1) is 0 Å². The first-order chi connectivity index (χ1) is 18.7. The lowest BCUT2D eigenvalue weighted by molar-refractivity contribution is -0.135. The minimum absolute atomic E-state index is 0.381. The van der Waals surface area contributed by atoms with E-state index in [0.717, 1.165) is 60.9 Å². The third-order valence-electron chi connectivity index (χ3n) is 7.01. The molecule has 9 nitrogen and oxygen atoms in total. The lowest BCUT2D eigenvalue weighted by Crippen LogP contribution is -2.34. The Morgan fingerprint density at radius 2 is 1.58 bits per heavy atom. The lowest BCUT2D eigenvalue weighted by atomic mass is 9.88. The Kier molecular flexibility index (Phi) is 9.75. The van der Waals surface area contributed by atoms with Crippen LogP contribution in [0.1, 0.15) is 44.9 Å². The van der Waals surface area contributed by atoms with Crippen molar-refractivity contribution in [2.24, 2.45) is 13.0 Å². The van der Waals surface area contributed by atoms with Crippen molar-refractivity contribution >= 4 is 5.91 Å². The maximum absolute atomic E-state index is 11.9. The molecular formula is C29H37N7O2. The van der Waals surface area contributed by atoms with Crippen LogP contribution in [-0.4, -0.2) is 66.1 Å². The van der Waals surface area contributed by atoms with Gasteiger partial charge in [0.2, 0.25) is 5.91 Å². The van der Waals surface area contributed by atoms with E-state index in [-0.39, 0.29) is 0 Å². The third kappa shape index (κ3) is 6.92. The van der Waals surface area contributed by atoms with Crippen LogP contribution in [0.3, 0.4) is 0 Å². The van der Waals surface area contributed by atoms with Crippen LogP contribution in [0.4, 0.5) is 0 Å². The Morgan fingerprint density at radius 3 is 2.21 bits per heavy atom. The first kappa shape index (κ1) is 27.2. The molecule has 1 aliphatic heterocycles. The van der Waals surface area contributed by atoms with Crippen molar-refractivity contribution in [3.63, 3.8) is 0 Å². The second kappa shape index (κ2) is 13.6. The van der Waals surface area contributed by atoms with Crippen LogP contribution in [0.25, 0.3) is 33.6 Å². The summed E-state index contributed by atoms with van der Waals surface area (Å²) < 4.78 is 1.79. The van der Waals surface area contributed by atoms with E-state index >= 15 is 0 Å². The Morgan fingerprint density at radius 1 is 0.868 bits per heavy atom. The molecule has 9 heteroatoms. The fraction of sp³-hybridized carbons (Fsp3) is 0.414. The zero-order valence-electron chi connectivity index (χ0n) is 22.3. The molecule has 1 saturated carbocycles. The average molecular weight is 516 g/mol. The van der Waals surface area contributed by atoms with E-state index in [2.05, 4.69) is 42.3 Å². The van der Waals surface area contributed by atoms with Gasteiger partial charge in [-0.2, -0.15) is 10.2 Å². The van der Waals surface area contributed by atoms with Crippen LogP contribution in [-0.2, 0) is 11.8 Å². The van der Waals surface area contributed by atoms with E-state index < -0.39 is 0 Å². The molecule has 1 amide bonds. The number of amides is 1. The highest BCUT2D eigenvalue weighted by molar-refractivity contribution is 5.79. The van der Waals surface area contributed by atoms with Gasteiger partial charge in [0.25, 0.3) is 0 Å². The smallest absolute Gasteiger partial charge is 0.225 e. The van der Waals surface area contributed by atoms with E-state index in [4.69, 9.17) is 5.11 Å². The van der Waals surface area contributed by atoms with E-state index in [1.165, 1.54) is 32.1 Å². The zero-order chi connectivity index (χ0) is 26.7. The molecule has 0 spiro atoms. The summed E-state index contributed by atoms with van der Waals surface area (Å²) in [5, 5.41) is 17.9. The van der Waals surface area contributed by atoms with Crippen molar-refractivity contribution in [3.8, 4) is 33.6 Å². The number of hydrogen-bond donors (Lipinski definition) is 2. The largest absolute Gasteiger partial charge is 0.400 e. The number of hydrogen-bond acceptors (Lipinski definition) is 6. The van der Waals surface area contributed by atoms with Crippen molar-refractivity contribution in [3.05, 3.63) is 61.4 Å². The number of aromatic amines is 1. The maximum atomic E-state index is 11.9. The summed E-state index contributed by atoms with van der Waals surface area (Å²) in [4.78, 5) is 22.9. The SMILES string of the molecule is CO.Cn1cc(-c2cccc(-c3ncc(-c4cn[nH]c4)cn3)c2)cn1.O=C(C1CCCCC1)N1CCCC1. The Labute approximate surface area is 224 Å². The zero-order valence-corrected chi connectivity index (χ0v) is 22.3. The van der Waals surface area contributed by atoms with Gasteiger partial charge in [0.15, 0.2) is 5.82 Å². The summed E-state index contributed by atoms with van der Waals surface area (Å²) in [6.45, 7) is 2.05. The summed E-state index contributed by atoms with van der Waals surface area (Å²) in [5.74, 6) is 1.53. The number of nitrogens with one attached hydrogen (secondary N) is 1. The van der Waals surface area contributed by atoms with E-state index in [1.807, 2.05) is 50.2 Å². The Bertz CT molecular complexity index is 1260. The molecule has 2 aliphatic rings. The number of likely N-dealkylation sites (tertiary alicyclic amines) is 1. The fourth-order valence-electron chi connectivity index (χ4n) is 4.99. The van der Waals surface area contributed by atoms with Crippen LogP contribution in [0, 0.1) is 5.92 Å². The number of nitrogens with zero attached hydrogens (tertiary/aromatic N) is 6. The Hall–Kier alpha value is -3.85. The minimum atomic E-state index is 0.381. The van der Waals surface area contributed by atoms with E-state index in [1.54, 1.807) is 10.9 Å². The molecule has 2 fully saturated rings. The predicted octanol–water partition coefficient (Wildman–Crippen LogP) is 4.73. The molecule has 0 radical (unpaired) electrons. The number of aliphatic hydroxyl groups is 1. The highest BCUT2D eigenvalue weighted by Crippen LogP contribution is 2.27. The molecule has 38 heavy (non-hydrogen) atoms. The fourth-order valence-corrected chi connectivity index (χ4v) is 4.99. The maximum Gasteiger partial charge on any atom is 0.225 e. The van der Waals surface area contributed by atoms with Gasteiger partial charge in [0.05, 0.1) is 12.4 Å². The number of rotatable bonds is 4. The lowest BCUT2D eigenvalue weighted by Gasteiger charge is -2.25. The molecule has 1 aromatic carbocycles. The van der Waals surface area contributed by atoms with Gasteiger partial charge in [-0.05, 0) is 37.3 Å². The number of H-pyrrole nitrogens is 1. The molecule has 0 atom stereocenters. The highest BCUT2D eigenvalue weighted by atomic mass is 16.2. The number of aromatic nitrogens is 6. The molecule has 2 N–H and O–H groups in total. The van der Waals surface area contributed by atoms with Crippen molar-refractivity contribution in [2.75, 3.05) is 20.2 Å². The average Bonchev–Trinajstić information content (AvgIpc) is 3.79. The molecule has 200 valence electrons. The van der Waals surface area contributed by atoms with Crippen LogP contribution in [0.2, 0.25) is 0 Å². The summed E-state index contributed by atoms with van der Waals surface area (Å²) in [7, 11) is 2.91. The van der Waals surface area contributed by atoms with Crippen molar-refractivity contribution in [1.82, 2.24) is 34.8 Å². The van der Waals surface area contributed by atoms with Gasteiger partial charge in [0, 0.05) is 80.2 Å². The molecule has 3 aromatic heterocycles. The minimum Gasteiger partial charge on any atom is -0.400 e. The molecular weight excluding hydrogens is 478 g/mol. The molecule has 4 heterocycles. The molecule has 0 bridgehead atoms. The van der Waals surface area contributed by atoms with Crippen LogP contribution in [0.15, 0.2) is 61.4 Å². The molecule has 1 aliphatic carbocycles. The standard InChI is InChI=1S/C17H14N6.C11H19NO.CH4O/c1-23-11-16(10-22-23)12-3-2-4-13(5-12)17-18-6-14(7-19-17)15-8-20-21-9-15;13-11(12-8-4-5-9-12)10-6-2-1-3-7-10;1-2/h2-11H,1H3,(H,20,21);10H,1-9H2;2H,1H3. The third-order valence-corrected chi connectivity index (χ3v) is 7.01. The number of carbonyl (C=O) groups excluding carboxylic acids is 1.